The van der Waals surface area contributed by atoms with Crippen molar-refractivity contribution in [1.29, 1.82) is 0 Å². The average molecular weight is 280 g/mol. The molecule has 1 aliphatic heterocycles. The molecule has 1 heterocycles. The maximum absolute atomic E-state index is 4.88. The van der Waals surface area contributed by atoms with Crippen LogP contribution in [0.2, 0.25) is 0 Å². The van der Waals surface area contributed by atoms with Crippen molar-refractivity contribution >= 4 is 16.9 Å². The van der Waals surface area contributed by atoms with Crippen LogP contribution in [0.3, 0.4) is 0 Å². The molecule has 0 aromatic carbocycles. The van der Waals surface area contributed by atoms with Crippen LogP contribution < -0.4 is 5.32 Å². The lowest BCUT2D eigenvalue weighted by molar-refractivity contribution is 0.211. The summed E-state index contributed by atoms with van der Waals surface area (Å²) in [6.45, 7) is 5.90. The van der Waals surface area contributed by atoms with Gasteiger partial charge >= 0.3 is 0 Å². The summed E-state index contributed by atoms with van der Waals surface area (Å²) in [6, 6.07) is 0.660. The number of rotatable bonds is 1. The van der Waals surface area contributed by atoms with Gasteiger partial charge in [-0.25, -0.2) is 0 Å². The van der Waals surface area contributed by atoms with Crippen LogP contribution in [0.1, 0.15) is 65.2 Å². The normalized spacial score (nSPS) is 33.2. The molecule has 0 amide bonds. The smallest absolute Gasteiger partial charge is 0.156 e. The zero-order chi connectivity index (χ0) is 13.3. The van der Waals surface area contributed by atoms with Gasteiger partial charge in [0.2, 0.25) is 0 Å². The molecule has 1 atom stereocenters. The zero-order valence-electron chi connectivity index (χ0n) is 12.5. The highest BCUT2D eigenvalue weighted by Crippen LogP contribution is 2.43. The Hall–Kier alpha value is -0.180. The van der Waals surface area contributed by atoms with Crippen LogP contribution in [-0.4, -0.2) is 23.5 Å². The number of thioether (sulfide) groups is 1. The van der Waals surface area contributed by atoms with Gasteiger partial charge in [-0.2, -0.15) is 0 Å². The largest absolute Gasteiger partial charge is 0.362 e. The van der Waals surface area contributed by atoms with Gasteiger partial charge in [0, 0.05) is 18.3 Å². The van der Waals surface area contributed by atoms with E-state index in [1.54, 1.807) is 0 Å². The monoisotopic (exact) mass is 280 g/mol. The third-order valence-corrected chi connectivity index (χ3v) is 6.55. The predicted octanol–water partition coefficient (Wildman–Crippen LogP) is 4.21. The standard InChI is InChI=1S/C16H28N2S/c1-15(2)7-5-6-13(10-15)18-14-17-11-16(12-19-14)8-3-4-9-16/h13H,3-12H2,1-2H3,(H,17,18). The van der Waals surface area contributed by atoms with Crippen molar-refractivity contribution in [2.75, 3.05) is 12.3 Å². The van der Waals surface area contributed by atoms with E-state index in [1.807, 2.05) is 11.8 Å². The van der Waals surface area contributed by atoms with Gasteiger partial charge in [0.05, 0.1) is 0 Å². The van der Waals surface area contributed by atoms with Gasteiger partial charge in [-0.3, -0.25) is 4.99 Å². The van der Waals surface area contributed by atoms with Crippen LogP contribution in [-0.2, 0) is 0 Å². The molecule has 2 fully saturated rings. The van der Waals surface area contributed by atoms with Gasteiger partial charge in [0.25, 0.3) is 0 Å². The first-order valence-corrected chi connectivity index (χ1v) is 8.99. The van der Waals surface area contributed by atoms with Crippen molar-refractivity contribution in [3.8, 4) is 0 Å². The topological polar surface area (TPSA) is 24.4 Å². The predicted molar refractivity (Wildman–Crippen MR) is 84.8 cm³/mol. The van der Waals surface area contributed by atoms with Crippen molar-refractivity contribution in [2.24, 2.45) is 15.8 Å². The minimum absolute atomic E-state index is 0.516. The van der Waals surface area contributed by atoms with Crippen LogP contribution in [0.15, 0.2) is 4.99 Å². The van der Waals surface area contributed by atoms with Crippen LogP contribution in [0.25, 0.3) is 0 Å². The first kappa shape index (κ1) is 13.8. The second-order valence-electron chi connectivity index (χ2n) is 7.72. The quantitative estimate of drug-likeness (QED) is 0.778. The molecule has 0 aromatic heterocycles. The Morgan fingerprint density at radius 2 is 1.95 bits per heavy atom. The van der Waals surface area contributed by atoms with Crippen LogP contribution in [0.4, 0.5) is 0 Å². The van der Waals surface area contributed by atoms with Gasteiger partial charge in [0.15, 0.2) is 5.17 Å². The van der Waals surface area contributed by atoms with E-state index in [2.05, 4.69) is 19.2 Å². The van der Waals surface area contributed by atoms with Gasteiger partial charge in [-0.1, -0.05) is 44.9 Å². The fourth-order valence-electron chi connectivity index (χ4n) is 4.06. The molecule has 19 heavy (non-hydrogen) atoms. The van der Waals surface area contributed by atoms with E-state index >= 15 is 0 Å². The molecule has 108 valence electrons. The molecule has 3 heteroatoms. The number of nitrogens with zero attached hydrogens (tertiary/aromatic N) is 1. The third kappa shape index (κ3) is 3.29. The molecule has 2 nitrogen and oxygen atoms in total. The van der Waals surface area contributed by atoms with E-state index in [9.17, 15) is 0 Å². The van der Waals surface area contributed by atoms with Crippen LogP contribution in [0, 0.1) is 10.8 Å². The summed E-state index contributed by atoms with van der Waals surface area (Å²) in [5.74, 6) is 1.30. The van der Waals surface area contributed by atoms with E-state index in [0.717, 1.165) is 6.54 Å². The molecule has 0 radical (unpaired) electrons. The molecule has 2 aliphatic carbocycles. The molecule has 0 aromatic rings. The number of hydrogen-bond acceptors (Lipinski definition) is 3. The Morgan fingerprint density at radius 3 is 2.58 bits per heavy atom. The van der Waals surface area contributed by atoms with Crippen molar-refractivity contribution in [3.63, 3.8) is 0 Å². The summed E-state index contributed by atoms with van der Waals surface area (Å²) in [5, 5.41) is 4.97. The lowest BCUT2D eigenvalue weighted by Crippen LogP contribution is -2.42. The molecular weight excluding hydrogens is 252 g/mol. The molecule has 0 saturated heterocycles. The zero-order valence-corrected chi connectivity index (χ0v) is 13.3. The summed E-state index contributed by atoms with van der Waals surface area (Å²) in [4.78, 5) is 4.88. The second kappa shape index (κ2) is 5.31. The number of nitrogens with one attached hydrogen (secondary N) is 1. The van der Waals surface area contributed by atoms with E-state index < -0.39 is 0 Å². The van der Waals surface area contributed by atoms with Crippen molar-refractivity contribution in [2.45, 2.75) is 71.3 Å². The first-order chi connectivity index (χ1) is 9.07. The molecule has 1 N–H and O–H groups in total. The highest BCUT2D eigenvalue weighted by atomic mass is 32.2. The SMILES string of the molecule is CC1(C)CCCC(NC2=NCC3(CCCC3)CS2)C1. The highest BCUT2D eigenvalue weighted by molar-refractivity contribution is 8.13. The minimum Gasteiger partial charge on any atom is -0.362 e. The average Bonchev–Trinajstić information content (AvgIpc) is 2.80. The molecule has 0 bridgehead atoms. The first-order valence-electron chi connectivity index (χ1n) is 8.01. The molecule has 1 spiro atoms. The lowest BCUT2D eigenvalue weighted by Gasteiger charge is -2.37. The van der Waals surface area contributed by atoms with Crippen LogP contribution in [0.5, 0.6) is 0 Å². The Bertz CT molecular complexity index is 356. The maximum Gasteiger partial charge on any atom is 0.156 e. The van der Waals surface area contributed by atoms with E-state index in [-0.39, 0.29) is 0 Å². The van der Waals surface area contributed by atoms with E-state index in [0.29, 0.717) is 16.9 Å². The van der Waals surface area contributed by atoms with Crippen molar-refractivity contribution < 1.29 is 0 Å². The van der Waals surface area contributed by atoms with Crippen molar-refractivity contribution in [3.05, 3.63) is 0 Å². The fourth-order valence-corrected chi connectivity index (χ4v) is 5.29. The Balaban J connectivity index is 1.55. The maximum atomic E-state index is 4.88. The summed E-state index contributed by atoms with van der Waals surface area (Å²) in [6.07, 6.45) is 11.1. The third-order valence-electron chi connectivity index (χ3n) is 5.27. The molecule has 1 unspecified atom stereocenters. The highest BCUT2D eigenvalue weighted by Gasteiger charge is 2.37. The van der Waals surface area contributed by atoms with Gasteiger partial charge < -0.3 is 5.32 Å². The minimum atomic E-state index is 0.516. The molecule has 3 aliphatic rings. The van der Waals surface area contributed by atoms with Crippen molar-refractivity contribution in [1.82, 2.24) is 5.32 Å². The lowest BCUT2D eigenvalue weighted by atomic mass is 9.75. The molecular formula is C16H28N2S. The van der Waals surface area contributed by atoms with E-state index in [1.165, 1.54) is 62.3 Å². The van der Waals surface area contributed by atoms with Gasteiger partial charge in [0.1, 0.15) is 0 Å². The summed E-state index contributed by atoms with van der Waals surface area (Å²) in [5.41, 5.74) is 1.09. The fraction of sp³-hybridized carbons (Fsp3) is 0.938. The van der Waals surface area contributed by atoms with Gasteiger partial charge in [-0.05, 0) is 42.9 Å². The van der Waals surface area contributed by atoms with Crippen LogP contribution >= 0.6 is 11.8 Å². The number of hydrogen-bond donors (Lipinski definition) is 1. The van der Waals surface area contributed by atoms with E-state index in [4.69, 9.17) is 4.99 Å². The van der Waals surface area contributed by atoms with Gasteiger partial charge in [-0.15, -0.1) is 0 Å². The molecule has 3 rings (SSSR count). The summed E-state index contributed by atoms with van der Waals surface area (Å²) in [7, 11) is 0. The Kier molecular flexibility index (Phi) is 3.85. The summed E-state index contributed by atoms with van der Waals surface area (Å²) < 4.78 is 0. The molecule has 2 saturated carbocycles. The number of amidine groups is 1. The number of aliphatic imine (C=N–C) groups is 1. The Morgan fingerprint density at radius 1 is 1.16 bits per heavy atom. The second-order valence-corrected chi connectivity index (χ2v) is 8.68. The summed E-state index contributed by atoms with van der Waals surface area (Å²) >= 11 is 1.99. The Labute approximate surface area is 122 Å².